The van der Waals surface area contributed by atoms with Gasteiger partial charge in [-0.3, -0.25) is 9.48 Å². The largest absolute Gasteiger partial charge is 0.465 e. The van der Waals surface area contributed by atoms with Crippen molar-refractivity contribution in [3.05, 3.63) is 87.6 Å². The van der Waals surface area contributed by atoms with Gasteiger partial charge in [0.05, 0.1) is 30.5 Å². The van der Waals surface area contributed by atoms with E-state index in [4.69, 9.17) is 0 Å². The van der Waals surface area contributed by atoms with Gasteiger partial charge in [0.1, 0.15) is 5.82 Å². The molecule has 0 unspecified atom stereocenters. The molecule has 2 aromatic carbocycles. The van der Waals surface area contributed by atoms with Crippen LogP contribution in [0.1, 0.15) is 21.5 Å². The summed E-state index contributed by atoms with van der Waals surface area (Å²) in [6.45, 7) is -0.528. The molecule has 0 aliphatic carbocycles. The van der Waals surface area contributed by atoms with E-state index in [1.165, 1.54) is 30.5 Å². The van der Waals surface area contributed by atoms with Gasteiger partial charge in [0.15, 0.2) is 0 Å². The van der Waals surface area contributed by atoms with Crippen molar-refractivity contribution >= 4 is 5.97 Å². The molecular weight excluding hydrogens is 380 g/mol. The third-order valence-electron chi connectivity index (χ3n) is 4.12. The molecular formula is C19H14F4N2O3. The van der Waals surface area contributed by atoms with Crippen LogP contribution in [0.2, 0.25) is 0 Å². The van der Waals surface area contributed by atoms with Crippen LogP contribution in [0.15, 0.2) is 59.5 Å². The van der Waals surface area contributed by atoms with Crippen LogP contribution in [0.3, 0.4) is 0 Å². The van der Waals surface area contributed by atoms with E-state index in [0.717, 1.165) is 40.7 Å². The van der Waals surface area contributed by atoms with Crippen molar-refractivity contribution in [3.63, 3.8) is 0 Å². The van der Waals surface area contributed by atoms with E-state index in [1.807, 2.05) is 0 Å². The van der Waals surface area contributed by atoms with Crippen molar-refractivity contribution in [2.24, 2.45) is 0 Å². The Morgan fingerprint density at radius 1 is 1.11 bits per heavy atom. The number of hydrogen-bond donors (Lipinski definition) is 0. The number of nitrogens with zero attached hydrogens (tertiary/aromatic N) is 2. The van der Waals surface area contributed by atoms with Gasteiger partial charge >= 0.3 is 12.1 Å². The molecule has 146 valence electrons. The Morgan fingerprint density at radius 3 is 2.46 bits per heavy atom. The number of aromatic nitrogens is 2. The molecule has 0 bridgehead atoms. The second-order valence-corrected chi connectivity index (χ2v) is 5.87. The number of carbonyl (C=O) groups is 1. The van der Waals surface area contributed by atoms with Crippen molar-refractivity contribution in [2.45, 2.75) is 12.7 Å². The van der Waals surface area contributed by atoms with Crippen molar-refractivity contribution in [2.75, 3.05) is 7.11 Å². The minimum absolute atomic E-state index is 0.00211. The van der Waals surface area contributed by atoms with Crippen LogP contribution in [0.25, 0.3) is 5.69 Å². The molecule has 0 aliphatic rings. The fourth-order valence-electron chi connectivity index (χ4n) is 2.82. The van der Waals surface area contributed by atoms with E-state index in [9.17, 15) is 27.2 Å². The molecule has 0 amide bonds. The van der Waals surface area contributed by atoms with Gasteiger partial charge in [0.25, 0.3) is 5.56 Å². The summed E-state index contributed by atoms with van der Waals surface area (Å²) in [5.74, 6) is -1.46. The lowest BCUT2D eigenvalue weighted by atomic mass is 10.0. The molecule has 1 aromatic heterocycles. The highest BCUT2D eigenvalue weighted by molar-refractivity contribution is 5.89. The normalized spacial score (nSPS) is 11.5. The SMILES string of the molecule is COC(=O)c1ccc(C(F)(F)F)c(Cn2c(=O)ccn2-c2ccccc2F)c1. The molecule has 0 radical (unpaired) electrons. The predicted octanol–water partition coefficient (Wildman–Crippen LogP) is 3.63. The molecule has 0 N–H and O–H groups in total. The summed E-state index contributed by atoms with van der Waals surface area (Å²) in [7, 11) is 1.10. The quantitative estimate of drug-likeness (QED) is 0.502. The second-order valence-electron chi connectivity index (χ2n) is 5.87. The first-order chi connectivity index (χ1) is 13.2. The number of alkyl halides is 3. The van der Waals surface area contributed by atoms with Crippen LogP contribution in [-0.4, -0.2) is 22.4 Å². The summed E-state index contributed by atoms with van der Waals surface area (Å²) in [5, 5.41) is 0. The minimum Gasteiger partial charge on any atom is -0.465 e. The first-order valence-corrected chi connectivity index (χ1v) is 8.04. The monoisotopic (exact) mass is 394 g/mol. The van der Waals surface area contributed by atoms with E-state index in [2.05, 4.69) is 4.74 Å². The first-order valence-electron chi connectivity index (χ1n) is 8.04. The lowest BCUT2D eigenvalue weighted by molar-refractivity contribution is -0.138. The van der Waals surface area contributed by atoms with Gasteiger partial charge in [-0.05, 0) is 35.9 Å². The van der Waals surface area contributed by atoms with Crippen LogP contribution in [0.4, 0.5) is 17.6 Å². The van der Waals surface area contributed by atoms with Crippen LogP contribution < -0.4 is 5.56 Å². The summed E-state index contributed by atoms with van der Waals surface area (Å²) < 4.78 is 61.0. The van der Waals surface area contributed by atoms with Gasteiger partial charge in [-0.15, -0.1) is 0 Å². The third kappa shape index (κ3) is 3.68. The van der Waals surface area contributed by atoms with E-state index in [1.54, 1.807) is 0 Å². The van der Waals surface area contributed by atoms with Crippen LogP contribution in [0, 0.1) is 5.82 Å². The number of methoxy groups -OCH3 is 1. The Balaban J connectivity index is 2.14. The van der Waals surface area contributed by atoms with Crippen LogP contribution >= 0.6 is 0 Å². The lowest BCUT2D eigenvalue weighted by Crippen LogP contribution is -2.25. The van der Waals surface area contributed by atoms with Crippen molar-refractivity contribution in [1.82, 2.24) is 9.36 Å². The fourth-order valence-corrected chi connectivity index (χ4v) is 2.82. The Hall–Kier alpha value is -3.36. The molecule has 3 rings (SSSR count). The van der Waals surface area contributed by atoms with E-state index >= 15 is 0 Å². The molecule has 0 fully saturated rings. The fraction of sp³-hybridized carbons (Fsp3) is 0.158. The first kappa shape index (κ1) is 19.4. The van der Waals surface area contributed by atoms with Crippen molar-refractivity contribution < 1.29 is 27.1 Å². The average molecular weight is 394 g/mol. The molecule has 0 saturated carbocycles. The standard InChI is InChI=1S/C19H14F4N2O3/c1-28-18(27)12-6-7-14(19(21,22)23)13(10-12)11-25-17(26)8-9-24(25)16-5-3-2-4-15(16)20/h2-10H,11H2,1H3. The van der Waals surface area contributed by atoms with E-state index in [0.29, 0.717) is 0 Å². The number of para-hydroxylation sites is 1. The number of rotatable bonds is 4. The maximum absolute atomic E-state index is 14.1. The number of esters is 1. The maximum Gasteiger partial charge on any atom is 0.416 e. The van der Waals surface area contributed by atoms with Gasteiger partial charge in [0.2, 0.25) is 0 Å². The highest BCUT2D eigenvalue weighted by atomic mass is 19.4. The molecule has 0 aliphatic heterocycles. The summed E-state index contributed by atoms with van der Waals surface area (Å²) >= 11 is 0. The lowest BCUT2D eigenvalue weighted by Gasteiger charge is -2.17. The summed E-state index contributed by atoms with van der Waals surface area (Å²) in [4.78, 5) is 23.9. The number of halogens is 4. The van der Waals surface area contributed by atoms with Gasteiger partial charge < -0.3 is 4.74 Å². The van der Waals surface area contributed by atoms with Gasteiger partial charge in [0, 0.05) is 12.3 Å². The molecule has 0 saturated heterocycles. The molecule has 28 heavy (non-hydrogen) atoms. The topological polar surface area (TPSA) is 53.2 Å². The van der Waals surface area contributed by atoms with E-state index < -0.39 is 35.6 Å². The number of benzene rings is 2. The van der Waals surface area contributed by atoms with E-state index in [-0.39, 0.29) is 16.8 Å². The highest BCUT2D eigenvalue weighted by Gasteiger charge is 2.34. The summed E-state index contributed by atoms with van der Waals surface area (Å²) in [6, 6.07) is 9.42. The molecule has 9 heteroatoms. The predicted molar refractivity (Wildman–Crippen MR) is 91.9 cm³/mol. The Bertz CT molecular complexity index is 1080. The summed E-state index contributed by atoms with van der Waals surface area (Å²) in [5.41, 5.74) is -2.05. The molecule has 1 heterocycles. The summed E-state index contributed by atoms with van der Waals surface area (Å²) in [6.07, 6.45) is -3.44. The molecule has 3 aromatic rings. The minimum atomic E-state index is -4.71. The zero-order chi connectivity index (χ0) is 20.5. The van der Waals surface area contributed by atoms with Crippen LogP contribution in [-0.2, 0) is 17.5 Å². The Morgan fingerprint density at radius 2 is 1.82 bits per heavy atom. The molecule has 0 atom stereocenters. The highest BCUT2D eigenvalue weighted by Crippen LogP contribution is 2.33. The van der Waals surface area contributed by atoms with Gasteiger partial charge in [-0.2, -0.15) is 13.2 Å². The molecule has 0 spiro atoms. The van der Waals surface area contributed by atoms with Crippen molar-refractivity contribution in [1.29, 1.82) is 0 Å². The van der Waals surface area contributed by atoms with Gasteiger partial charge in [-0.1, -0.05) is 12.1 Å². The molecule has 5 nitrogen and oxygen atoms in total. The average Bonchev–Trinajstić information content (AvgIpc) is 3.01. The Kier molecular flexibility index (Phi) is 5.08. The van der Waals surface area contributed by atoms with Gasteiger partial charge in [-0.25, -0.2) is 13.9 Å². The number of hydrogen-bond acceptors (Lipinski definition) is 3. The van der Waals surface area contributed by atoms with Crippen LogP contribution in [0.5, 0.6) is 0 Å². The third-order valence-corrected chi connectivity index (χ3v) is 4.12. The number of ether oxygens (including phenoxy) is 1. The zero-order valence-electron chi connectivity index (χ0n) is 14.5. The smallest absolute Gasteiger partial charge is 0.416 e. The second kappa shape index (κ2) is 7.34. The number of carbonyl (C=O) groups excluding carboxylic acids is 1. The maximum atomic E-state index is 14.1. The Labute approximate surface area is 156 Å². The zero-order valence-corrected chi connectivity index (χ0v) is 14.5. The van der Waals surface area contributed by atoms with Crippen molar-refractivity contribution in [3.8, 4) is 5.69 Å².